The van der Waals surface area contributed by atoms with Crippen molar-refractivity contribution in [3.8, 4) is 18.1 Å². The van der Waals surface area contributed by atoms with E-state index >= 15 is 0 Å². The van der Waals surface area contributed by atoms with E-state index in [9.17, 15) is 0 Å². The Balaban J connectivity index is 3.17. The molecule has 13 heavy (non-hydrogen) atoms. The van der Waals surface area contributed by atoms with Crippen molar-refractivity contribution in [1.82, 2.24) is 0 Å². The number of aryl methyl sites for hydroxylation is 1. The lowest BCUT2D eigenvalue weighted by atomic mass is 9.99. The molecule has 1 nitrogen and oxygen atoms in total. The van der Waals surface area contributed by atoms with E-state index in [0.717, 1.165) is 11.3 Å². The van der Waals surface area contributed by atoms with Crippen LogP contribution >= 0.6 is 0 Å². The van der Waals surface area contributed by atoms with Crippen LogP contribution in [0, 0.1) is 19.3 Å². The van der Waals surface area contributed by atoms with Crippen LogP contribution in [-0.4, -0.2) is 7.11 Å². The quantitative estimate of drug-likeness (QED) is 0.626. The van der Waals surface area contributed by atoms with E-state index in [1.807, 2.05) is 26.0 Å². The Morgan fingerprint density at radius 2 is 2.15 bits per heavy atom. The molecule has 1 aromatic rings. The average Bonchev–Trinajstić information content (AvgIpc) is 2.16. The molecule has 0 amide bonds. The number of methoxy groups -OCH3 is 1. The van der Waals surface area contributed by atoms with Gasteiger partial charge in [0.05, 0.1) is 7.11 Å². The zero-order valence-electron chi connectivity index (χ0n) is 8.29. The molecule has 0 fully saturated rings. The van der Waals surface area contributed by atoms with Gasteiger partial charge in [0.1, 0.15) is 5.75 Å². The van der Waals surface area contributed by atoms with Crippen LogP contribution in [-0.2, 0) is 0 Å². The highest BCUT2D eigenvalue weighted by Crippen LogP contribution is 2.26. The first-order valence-electron chi connectivity index (χ1n) is 4.29. The van der Waals surface area contributed by atoms with Crippen LogP contribution in [0.3, 0.4) is 0 Å². The summed E-state index contributed by atoms with van der Waals surface area (Å²) in [6.45, 7) is 4.05. The topological polar surface area (TPSA) is 9.23 Å². The molecule has 1 aromatic carbocycles. The minimum absolute atomic E-state index is 0.106. The molecule has 0 heterocycles. The van der Waals surface area contributed by atoms with Crippen molar-refractivity contribution in [3.05, 3.63) is 29.3 Å². The van der Waals surface area contributed by atoms with Gasteiger partial charge in [-0.15, -0.1) is 6.42 Å². The molecule has 1 unspecified atom stereocenters. The lowest BCUT2D eigenvalue weighted by Crippen LogP contribution is -1.95. The summed E-state index contributed by atoms with van der Waals surface area (Å²) in [5.41, 5.74) is 2.29. The monoisotopic (exact) mass is 174 g/mol. The minimum Gasteiger partial charge on any atom is -0.496 e. The second kappa shape index (κ2) is 4.00. The Morgan fingerprint density at radius 3 is 2.69 bits per heavy atom. The van der Waals surface area contributed by atoms with Crippen LogP contribution in [0.2, 0.25) is 0 Å². The van der Waals surface area contributed by atoms with Gasteiger partial charge in [0.15, 0.2) is 0 Å². The summed E-state index contributed by atoms with van der Waals surface area (Å²) in [6.07, 6.45) is 5.37. The molecule has 0 saturated carbocycles. The Kier molecular flexibility index (Phi) is 2.97. The fourth-order valence-corrected chi connectivity index (χ4v) is 1.28. The van der Waals surface area contributed by atoms with E-state index in [1.54, 1.807) is 7.11 Å². The molecular weight excluding hydrogens is 160 g/mol. The third-order valence-electron chi connectivity index (χ3n) is 2.10. The van der Waals surface area contributed by atoms with E-state index in [1.165, 1.54) is 5.56 Å². The highest BCUT2D eigenvalue weighted by Gasteiger charge is 2.08. The summed E-state index contributed by atoms with van der Waals surface area (Å²) in [4.78, 5) is 0. The van der Waals surface area contributed by atoms with Crippen LogP contribution in [0.5, 0.6) is 5.75 Å². The molecule has 1 heteroatoms. The van der Waals surface area contributed by atoms with Gasteiger partial charge in [0.25, 0.3) is 0 Å². The number of rotatable bonds is 2. The van der Waals surface area contributed by atoms with E-state index in [0.29, 0.717) is 0 Å². The van der Waals surface area contributed by atoms with E-state index in [4.69, 9.17) is 11.2 Å². The van der Waals surface area contributed by atoms with Gasteiger partial charge in [-0.3, -0.25) is 0 Å². The summed E-state index contributed by atoms with van der Waals surface area (Å²) in [7, 11) is 1.66. The first-order valence-corrected chi connectivity index (χ1v) is 4.29. The van der Waals surface area contributed by atoms with Gasteiger partial charge in [0.2, 0.25) is 0 Å². The Bertz CT molecular complexity index is 333. The van der Waals surface area contributed by atoms with Crippen molar-refractivity contribution in [1.29, 1.82) is 0 Å². The van der Waals surface area contributed by atoms with E-state index < -0.39 is 0 Å². The number of hydrogen-bond donors (Lipinski definition) is 0. The van der Waals surface area contributed by atoms with E-state index in [-0.39, 0.29) is 5.92 Å². The third kappa shape index (κ3) is 2.03. The summed E-state index contributed by atoms with van der Waals surface area (Å²) < 4.78 is 5.23. The highest BCUT2D eigenvalue weighted by atomic mass is 16.5. The Labute approximate surface area is 79.7 Å². The normalized spacial score (nSPS) is 11.8. The minimum atomic E-state index is 0.106. The average molecular weight is 174 g/mol. The van der Waals surface area contributed by atoms with Gasteiger partial charge in [-0.2, -0.15) is 0 Å². The molecule has 0 aliphatic carbocycles. The molecule has 0 aliphatic heterocycles. The maximum atomic E-state index is 5.37. The van der Waals surface area contributed by atoms with Crippen LogP contribution in [0.1, 0.15) is 24.0 Å². The second-order valence-corrected chi connectivity index (χ2v) is 3.13. The zero-order chi connectivity index (χ0) is 9.84. The van der Waals surface area contributed by atoms with Crippen LogP contribution in [0.25, 0.3) is 0 Å². The van der Waals surface area contributed by atoms with Gasteiger partial charge >= 0.3 is 0 Å². The second-order valence-electron chi connectivity index (χ2n) is 3.13. The Morgan fingerprint density at radius 1 is 1.46 bits per heavy atom. The predicted molar refractivity (Wildman–Crippen MR) is 55.0 cm³/mol. The van der Waals surface area contributed by atoms with Gasteiger partial charge < -0.3 is 4.74 Å². The van der Waals surface area contributed by atoms with Crippen LogP contribution in [0.4, 0.5) is 0 Å². The SMILES string of the molecule is C#CC(C)c1cc(C)ccc1OC. The Hall–Kier alpha value is -1.42. The van der Waals surface area contributed by atoms with Gasteiger partial charge in [-0.25, -0.2) is 0 Å². The van der Waals surface area contributed by atoms with Crippen molar-refractivity contribution in [2.45, 2.75) is 19.8 Å². The molecule has 1 rings (SSSR count). The number of hydrogen-bond acceptors (Lipinski definition) is 1. The summed E-state index contributed by atoms with van der Waals surface area (Å²) in [6, 6.07) is 6.05. The number of terminal acetylenes is 1. The molecule has 68 valence electrons. The lowest BCUT2D eigenvalue weighted by Gasteiger charge is -2.11. The highest BCUT2D eigenvalue weighted by molar-refractivity contribution is 5.41. The first kappa shape index (κ1) is 9.67. The molecular formula is C12H14O. The molecule has 0 aliphatic rings. The maximum Gasteiger partial charge on any atom is 0.123 e. The van der Waals surface area contributed by atoms with Gasteiger partial charge in [0, 0.05) is 11.5 Å². The maximum absolute atomic E-state index is 5.37. The fraction of sp³-hybridized carbons (Fsp3) is 0.333. The molecule has 0 spiro atoms. The summed E-state index contributed by atoms with van der Waals surface area (Å²) in [5, 5.41) is 0. The predicted octanol–water partition coefficient (Wildman–Crippen LogP) is 2.74. The van der Waals surface area contributed by atoms with Crippen LogP contribution in [0.15, 0.2) is 18.2 Å². The number of benzene rings is 1. The van der Waals surface area contributed by atoms with Gasteiger partial charge in [-0.1, -0.05) is 23.6 Å². The molecule has 0 aromatic heterocycles. The van der Waals surface area contributed by atoms with Crippen molar-refractivity contribution in [2.75, 3.05) is 7.11 Å². The van der Waals surface area contributed by atoms with Gasteiger partial charge in [-0.05, 0) is 19.9 Å². The standard InChI is InChI=1S/C12H14O/c1-5-10(3)11-8-9(2)6-7-12(11)13-4/h1,6-8,10H,2-4H3. The smallest absolute Gasteiger partial charge is 0.123 e. The zero-order valence-corrected chi connectivity index (χ0v) is 8.29. The van der Waals surface area contributed by atoms with Crippen molar-refractivity contribution in [3.63, 3.8) is 0 Å². The lowest BCUT2D eigenvalue weighted by molar-refractivity contribution is 0.409. The van der Waals surface area contributed by atoms with Crippen molar-refractivity contribution >= 4 is 0 Å². The number of ether oxygens (including phenoxy) is 1. The van der Waals surface area contributed by atoms with Crippen molar-refractivity contribution in [2.24, 2.45) is 0 Å². The largest absolute Gasteiger partial charge is 0.496 e. The van der Waals surface area contributed by atoms with Crippen LogP contribution < -0.4 is 4.74 Å². The molecule has 0 radical (unpaired) electrons. The van der Waals surface area contributed by atoms with Crippen molar-refractivity contribution < 1.29 is 4.74 Å². The summed E-state index contributed by atoms with van der Waals surface area (Å²) in [5.74, 6) is 3.68. The molecule has 0 saturated heterocycles. The molecule has 1 atom stereocenters. The third-order valence-corrected chi connectivity index (χ3v) is 2.10. The fourth-order valence-electron chi connectivity index (χ4n) is 1.28. The van der Waals surface area contributed by atoms with E-state index in [2.05, 4.69) is 12.0 Å². The summed E-state index contributed by atoms with van der Waals surface area (Å²) >= 11 is 0. The first-order chi connectivity index (χ1) is 6.19. The molecule has 0 bridgehead atoms. The molecule has 0 N–H and O–H groups in total.